The van der Waals surface area contributed by atoms with E-state index in [1.807, 2.05) is 39.0 Å². The molecule has 0 aliphatic rings. The third kappa shape index (κ3) is 5.43. The molecule has 0 saturated carbocycles. The van der Waals surface area contributed by atoms with Gasteiger partial charge in [-0.3, -0.25) is 10.1 Å². The molecule has 0 aromatic heterocycles. The number of rotatable bonds is 7. The van der Waals surface area contributed by atoms with Crippen LogP contribution in [0, 0.1) is 0 Å². The van der Waals surface area contributed by atoms with Gasteiger partial charge in [-0.1, -0.05) is 43.7 Å². The minimum Gasteiger partial charge on any atom is -0.353 e. The van der Waals surface area contributed by atoms with Crippen LogP contribution in [0.5, 0.6) is 0 Å². The topological polar surface area (TPSA) is 41.1 Å². The summed E-state index contributed by atoms with van der Waals surface area (Å²) >= 11 is 0. The summed E-state index contributed by atoms with van der Waals surface area (Å²) in [5.74, 6) is 0.0621. The number of amides is 1. The van der Waals surface area contributed by atoms with Crippen molar-refractivity contribution in [3.8, 4) is 0 Å². The van der Waals surface area contributed by atoms with Gasteiger partial charge in [-0.05, 0) is 32.8 Å². The Balaban J connectivity index is 2.66. The number of carbonyl (C=O) groups excluding carboxylic acids is 1. The lowest BCUT2D eigenvalue weighted by Gasteiger charge is -2.23. The maximum absolute atomic E-state index is 12.0. The van der Waals surface area contributed by atoms with Crippen molar-refractivity contribution < 1.29 is 4.79 Å². The molecule has 106 valence electrons. The molecule has 1 amide bonds. The lowest BCUT2D eigenvalue weighted by molar-refractivity contribution is -0.123. The van der Waals surface area contributed by atoms with Gasteiger partial charge in [0.25, 0.3) is 0 Å². The summed E-state index contributed by atoms with van der Waals surface area (Å²) in [6, 6.07) is 10.6. The summed E-state index contributed by atoms with van der Waals surface area (Å²) in [5, 5.41) is 6.37. The second-order valence-corrected chi connectivity index (χ2v) is 5.30. The fraction of sp³-hybridized carbons (Fsp3) is 0.562. The van der Waals surface area contributed by atoms with Crippen LogP contribution in [0.2, 0.25) is 0 Å². The van der Waals surface area contributed by atoms with Gasteiger partial charge in [-0.25, -0.2) is 0 Å². The zero-order chi connectivity index (χ0) is 14.3. The van der Waals surface area contributed by atoms with Gasteiger partial charge >= 0.3 is 0 Å². The summed E-state index contributed by atoms with van der Waals surface area (Å²) in [6.45, 7) is 8.04. The van der Waals surface area contributed by atoms with Crippen molar-refractivity contribution in [2.24, 2.45) is 0 Å². The molecule has 0 saturated heterocycles. The van der Waals surface area contributed by atoms with Crippen molar-refractivity contribution in [1.29, 1.82) is 0 Å². The Morgan fingerprint density at radius 1 is 1.16 bits per heavy atom. The molecule has 2 N–H and O–H groups in total. The summed E-state index contributed by atoms with van der Waals surface area (Å²) < 4.78 is 0. The molecule has 3 nitrogen and oxygen atoms in total. The van der Waals surface area contributed by atoms with Crippen LogP contribution >= 0.6 is 0 Å². The van der Waals surface area contributed by atoms with Crippen molar-refractivity contribution in [1.82, 2.24) is 10.6 Å². The highest BCUT2D eigenvalue weighted by Gasteiger charge is 2.18. The van der Waals surface area contributed by atoms with Gasteiger partial charge in [-0.2, -0.15) is 0 Å². The number of hydrogen-bond acceptors (Lipinski definition) is 2. The first-order valence-corrected chi connectivity index (χ1v) is 7.16. The van der Waals surface area contributed by atoms with Crippen molar-refractivity contribution in [3.05, 3.63) is 35.9 Å². The van der Waals surface area contributed by atoms with Crippen molar-refractivity contribution >= 4 is 5.91 Å². The first-order valence-electron chi connectivity index (χ1n) is 7.16. The number of nitrogens with one attached hydrogen (secondary N) is 2. The lowest BCUT2D eigenvalue weighted by atomic mass is 10.0. The van der Waals surface area contributed by atoms with Crippen LogP contribution in [0.1, 0.15) is 52.1 Å². The molecule has 0 aliphatic heterocycles. The first kappa shape index (κ1) is 15.7. The minimum absolute atomic E-state index is 0.0621. The second-order valence-electron chi connectivity index (χ2n) is 5.30. The molecule has 0 spiro atoms. The van der Waals surface area contributed by atoms with E-state index in [1.54, 1.807) is 0 Å². The molecule has 2 unspecified atom stereocenters. The summed E-state index contributed by atoms with van der Waals surface area (Å²) in [4.78, 5) is 12.0. The van der Waals surface area contributed by atoms with Gasteiger partial charge in [0.1, 0.15) is 0 Å². The molecule has 0 bridgehead atoms. The molecule has 0 fully saturated rings. The van der Waals surface area contributed by atoms with Gasteiger partial charge in [0.15, 0.2) is 0 Å². The monoisotopic (exact) mass is 262 g/mol. The Labute approximate surface area is 116 Å². The normalized spacial score (nSPS) is 14.2. The molecule has 19 heavy (non-hydrogen) atoms. The molecule has 2 atom stereocenters. The van der Waals surface area contributed by atoms with E-state index < -0.39 is 0 Å². The first-order chi connectivity index (χ1) is 9.04. The average Bonchev–Trinajstić information content (AvgIpc) is 2.38. The predicted octanol–water partition coefficient (Wildman–Crippen LogP) is 3.03. The van der Waals surface area contributed by atoms with Crippen LogP contribution in [0.3, 0.4) is 0 Å². The molecule has 1 rings (SSSR count). The third-order valence-corrected chi connectivity index (χ3v) is 3.05. The van der Waals surface area contributed by atoms with E-state index in [4.69, 9.17) is 0 Å². The maximum Gasteiger partial charge on any atom is 0.237 e. The average molecular weight is 262 g/mol. The van der Waals surface area contributed by atoms with E-state index in [2.05, 4.69) is 29.7 Å². The molecule has 3 heteroatoms. The number of hydrogen-bond donors (Lipinski definition) is 2. The Morgan fingerprint density at radius 3 is 2.32 bits per heavy atom. The van der Waals surface area contributed by atoms with Crippen molar-refractivity contribution in [2.75, 3.05) is 0 Å². The van der Waals surface area contributed by atoms with Gasteiger partial charge in [-0.15, -0.1) is 0 Å². The molecule has 1 aromatic carbocycles. The molecule has 1 aromatic rings. The quantitative estimate of drug-likeness (QED) is 0.793. The van der Waals surface area contributed by atoms with Gasteiger partial charge in [0.05, 0.1) is 6.04 Å². The summed E-state index contributed by atoms with van der Waals surface area (Å²) in [6.07, 6.45) is 2.12. The minimum atomic E-state index is -0.181. The van der Waals surface area contributed by atoms with Crippen LogP contribution in [0.4, 0.5) is 0 Å². The fourth-order valence-corrected chi connectivity index (χ4v) is 2.11. The molecule has 0 heterocycles. The third-order valence-electron chi connectivity index (χ3n) is 3.05. The fourth-order valence-electron chi connectivity index (χ4n) is 2.11. The second kappa shape index (κ2) is 7.95. The van der Waals surface area contributed by atoms with E-state index in [0.29, 0.717) is 0 Å². The largest absolute Gasteiger partial charge is 0.353 e. The highest BCUT2D eigenvalue weighted by atomic mass is 16.2. The van der Waals surface area contributed by atoms with E-state index >= 15 is 0 Å². The van der Waals surface area contributed by atoms with Crippen LogP contribution in [-0.4, -0.2) is 18.0 Å². The number of benzene rings is 1. The Bertz CT molecular complexity index is 376. The number of carbonyl (C=O) groups is 1. The Hall–Kier alpha value is -1.35. The van der Waals surface area contributed by atoms with Crippen molar-refractivity contribution in [3.63, 3.8) is 0 Å². The molecular formula is C16H26N2O. The Kier molecular flexibility index (Phi) is 6.57. The van der Waals surface area contributed by atoms with Crippen molar-refractivity contribution in [2.45, 2.75) is 58.7 Å². The van der Waals surface area contributed by atoms with E-state index in [9.17, 15) is 4.79 Å². The van der Waals surface area contributed by atoms with Crippen LogP contribution in [-0.2, 0) is 4.79 Å². The highest BCUT2D eigenvalue weighted by Crippen LogP contribution is 2.18. The van der Waals surface area contributed by atoms with E-state index in [-0.39, 0.29) is 24.0 Å². The molecule has 0 radical (unpaired) electrons. The van der Waals surface area contributed by atoms with Gasteiger partial charge in [0.2, 0.25) is 5.91 Å². The van der Waals surface area contributed by atoms with E-state index in [0.717, 1.165) is 12.8 Å². The predicted molar refractivity (Wildman–Crippen MR) is 80.0 cm³/mol. The van der Waals surface area contributed by atoms with Gasteiger partial charge in [0, 0.05) is 12.1 Å². The summed E-state index contributed by atoms with van der Waals surface area (Å²) in [5.41, 5.74) is 1.24. The SMILES string of the molecule is CCCC(NC(C)C(=O)NC(C)C)c1ccccc1. The Morgan fingerprint density at radius 2 is 1.79 bits per heavy atom. The van der Waals surface area contributed by atoms with Crippen LogP contribution < -0.4 is 10.6 Å². The highest BCUT2D eigenvalue weighted by molar-refractivity contribution is 5.81. The standard InChI is InChI=1S/C16H26N2O/c1-5-9-15(14-10-7-6-8-11-14)18-13(4)16(19)17-12(2)3/h6-8,10-13,15,18H,5,9H2,1-4H3,(H,17,19). The van der Waals surface area contributed by atoms with Crippen LogP contribution in [0.15, 0.2) is 30.3 Å². The maximum atomic E-state index is 12.0. The van der Waals surface area contributed by atoms with Crippen LogP contribution in [0.25, 0.3) is 0 Å². The lowest BCUT2D eigenvalue weighted by Crippen LogP contribution is -2.45. The summed E-state index contributed by atoms with van der Waals surface area (Å²) in [7, 11) is 0. The molecular weight excluding hydrogens is 236 g/mol. The molecule has 0 aliphatic carbocycles. The zero-order valence-corrected chi connectivity index (χ0v) is 12.4. The van der Waals surface area contributed by atoms with E-state index in [1.165, 1.54) is 5.56 Å². The van der Waals surface area contributed by atoms with Gasteiger partial charge < -0.3 is 5.32 Å². The smallest absolute Gasteiger partial charge is 0.237 e. The zero-order valence-electron chi connectivity index (χ0n) is 12.4.